The van der Waals surface area contributed by atoms with E-state index in [4.69, 9.17) is 9.47 Å². The first kappa shape index (κ1) is 12.1. The molecule has 6 heteroatoms. The first-order valence-electron chi connectivity index (χ1n) is 5.55. The molecule has 0 bridgehead atoms. The number of aromatic nitrogens is 2. The van der Waals surface area contributed by atoms with Gasteiger partial charge in [-0.05, 0) is 6.92 Å². The highest BCUT2D eigenvalue weighted by Gasteiger charge is 2.32. The van der Waals surface area contributed by atoms with E-state index in [2.05, 4.69) is 15.3 Å². The maximum absolute atomic E-state index is 10.1. The van der Waals surface area contributed by atoms with Crippen LogP contribution in [0, 0.1) is 6.92 Å². The minimum atomic E-state index is -0.819. The monoisotopic (exact) mass is 239 g/mol. The molecule has 1 fully saturated rings. The molecule has 6 nitrogen and oxygen atoms in total. The van der Waals surface area contributed by atoms with Crippen LogP contribution in [0.1, 0.15) is 12.1 Å². The minimum Gasteiger partial charge on any atom is -0.481 e. The lowest BCUT2D eigenvalue weighted by Crippen LogP contribution is -2.37. The molecule has 0 aliphatic carbocycles. The molecule has 1 unspecified atom stereocenters. The predicted octanol–water partition coefficient (Wildman–Crippen LogP) is 0.357. The Balaban J connectivity index is 2.00. The summed E-state index contributed by atoms with van der Waals surface area (Å²) in [6, 6.07) is 1.75. The summed E-state index contributed by atoms with van der Waals surface area (Å²) in [6.45, 7) is 3.18. The summed E-state index contributed by atoms with van der Waals surface area (Å²) in [5.74, 6) is 0.969. The first-order chi connectivity index (χ1) is 8.11. The third-order valence-corrected chi connectivity index (χ3v) is 2.70. The van der Waals surface area contributed by atoms with E-state index in [0.29, 0.717) is 38.0 Å². The Morgan fingerprint density at radius 2 is 2.41 bits per heavy atom. The van der Waals surface area contributed by atoms with E-state index in [1.165, 1.54) is 0 Å². The van der Waals surface area contributed by atoms with Crippen LogP contribution < -0.4 is 10.1 Å². The standard InChI is InChI=1S/C11H17N3O3/c1-8-5-9(16-2)14-10(13-8)12-6-11(15)3-4-17-7-11/h5,15H,3-4,6-7H2,1-2H3,(H,12,13,14). The van der Waals surface area contributed by atoms with Crippen LogP contribution >= 0.6 is 0 Å². The Bertz CT molecular complexity index is 392. The second-order valence-corrected chi connectivity index (χ2v) is 4.26. The van der Waals surface area contributed by atoms with Crippen LogP contribution in [0.15, 0.2) is 6.07 Å². The van der Waals surface area contributed by atoms with Crippen molar-refractivity contribution in [1.29, 1.82) is 0 Å². The molecular formula is C11H17N3O3. The fourth-order valence-corrected chi connectivity index (χ4v) is 1.70. The van der Waals surface area contributed by atoms with Gasteiger partial charge < -0.3 is 19.9 Å². The zero-order chi connectivity index (χ0) is 12.3. The minimum absolute atomic E-state index is 0.350. The van der Waals surface area contributed by atoms with Crippen LogP contribution in [-0.2, 0) is 4.74 Å². The summed E-state index contributed by atoms with van der Waals surface area (Å²) in [5.41, 5.74) is -0.00521. The summed E-state index contributed by atoms with van der Waals surface area (Å²) in [7, 11) is 1.56. The van der Waals surface area contributed by atoms with Crippen molar-refractivity contribution in [2.75, 3.05) is 32.2 Å². The highest BCUT2D eigenvalue weighted by molar-refractivity contribution is 5.31. The van der Waals surface area contributed by atoms with Crippen LogP contribution in [-0.4, -0.2) is 47.5 Å². The highest BCUT2D eigenvalue weighted by atomic mass is 16.5. The third kappa shape index (κ3) is 3.04. The molecule has 1 aliphatic rings. The average Bonchev–Trinajstić information content (AvgIpc) is 2.73. The van der Waals surface area contributed by atoms with Gasteiger partial charge >= 0.3 is 0 Å². The fraction of sp³-hybridized carbons (Fsp3) is 0.636. The lowest BCUT2D eigenvalue weighted by atomic mass is 10.0. The van der Waals surface area contributed by atoms with Crippen LogP contribution in [0.3, 0.4) is 0 Å². The zero-order valence-corrected chi connectivity index (χ0v) is 10.1. The van der Waals surface area contributed by atoms with E-state index >= 15 is 0 Å². The van der Waals surface area contributed by atoms with Gasteiger partial charge in [0.2, 0.25) is 11.8 Å². The number of nitrogens with zero attached hydrogens (tertiary/aromatic N) is 2. The number of methoxy groups -OCH3 is 1. The number of aryl methyl sites for hydroxylation is 1. The Morgan fingerprint density at radius 1 is 1.59 bits per heavy atom. The summed E-state index contributed by atoms with van der Waals surface area (Å²) in [6.07, 6.45) is 0.628. The van der Waals surface area contributed by atoms with Crippen LogP contribution in [0.4, 0.5) is 5.95 Å². The molecule has 0 amide bonds. The molecular weight excluding hydrogens is 222 g/mol. The van der Waals surface area contributed by atoms with E-state index in [1.807, 2.05) is 6.92 Å². The first-order valence-corrected chi connectivity index (χ1v) is 5.55. The number of rotatable bonds is 4. The largest absolute Gasteiger partial charge is 0.481 e. The van der Waals surface area contributed by atoms with E-state index in [0.717, 1.165) is 5.69 Å². The van der Waals surface area contributed by atoms with Crippen LogP contribution in [0.2, 0.25) is 0 Å². The topological polar surface area (TPSA) is 76.5 Å². The maximum atomic E-state index is 10.1. The number of anilines is 1. The molecule has 1 atom stereocenters. The van der Waals surface area contributed by atoms with Gasteiger partial charge in [-0.1, -0.05) is 0 Å². The lowest BCUT2D eigenvalue weighted by Gasteiger charge is -2.20. The molecule has 1 aromatic rings. The number of hydrogen-bond donors (Lipinski definition) is 2. The maximum Gasteiger partial charge on any atom is 0.226 e. The van der Waals surface area contributed by atoms with Crippen molar-refractivity contribution in [3.63, 3.8) is 0 Å². The van der Waals surface area contributed by atoms with E-state index in [9.17, 15) is 5.11 Å². The Labute approximate surface area is 100.0 Å². The number of nitrogens with one attached hydrogen (secondary N) is 1. The molecule has 1 saturated heterocycles. The van der Waals surface area contributed by atoms with E-state index < -0.39 is 5.60 Å². The molecule has 0 saturated carbocycles. The molecule has 2 rings (SSSR count). The van der Waals surface area contributed by atoms with Gasteiger partial charge in [-0.2, -0.15) is 4.98 Å². The number of ether oxygens (including phenoxy) is 2. The van der Waals surface area contributed by atoms with Gasteiger partial charge in [-0.3, -0.25) is 0 Å². The highest BCUT2D eigenvalue weighted by Crippen LogP contribution is 2.19. The summed E-state index contributed by atoms with van der Waals surface area (Å²) in [4.78, 5) is 8.37. The molecule has 1 aromatic heterocycles. The number of aliphatic hydroxyl groups is 1. The average molecular weight is 239 g/mol. The molecule has 0 aromatic carbocycles. The second kappa shape index (κ2) is 4.85. The van der Waals surface area contributed by atoms with E-state index in [1.54, 1.807) is 13.2 Å². The van der Waals surface area contributed by atoms with Crippen molar-refractivity contribution < 1.29 is 14.6 Å². The van der Waals surface area contributed by atoms with Gasteiger partial charge in [0.15, 0.2) is 0 Å². The van der Waals surface area contributed by atoms with Crippen molar-refractivity contribution in [2.24, 2.45) is 0 Å². The molecule has 0 spiro atoms. The second-order valence-electron chi connectivity index (χ2n) is 4.26. The van der Waals surface area contributed by atoms with Crippen LogP contribution in [0.5, 0.6) is 5.88 Å². The normalized spacial score (nSPS) is 23.7. The van der Waals surface area contributed by atoms with Crippen molar-refractivity contribution in [2.45, 2.75) is 18.9 Å². The number of hydrogen-bond acceptors (Lipinski definition) is 6. The fourth-order valence-electron chi connectivity index (χ4n) is 1.70. The summed E-state index contributed by atoms with van der Waals surface area (Å²) in [5, 5.41) is 13.1. The van der Waals surface area contributed by atoms with Gasteiger partial charge in [-0.25, -0.2) is 4.98 Å². The Hall–Kier alpha value is -1.40. The molecule has 2 N–H and O–H groups in total. The van der Waals surface area contributed by atoms with Crippen molar-refractivity contribution >= 4 is 5.95 Å². The SMILES string of the molecule is COc1cc(C)nc(NCC2(O)CCOC2)n1. The third-order valence-electron chi connectivity index (χ3n) is 2.70. The zero-order valence-electron chi connectivity index (χ0n) is 10.1. The van der Waals surface area contributed by atoms with Crippen molar-refractivity contribution in [3.8, 4) is 5.88 Å². The summed E-state index contributed by atoms with van der Waals surface area (Å²) >= 11 is 0. The quantitative estimate of drug-likeness (QED) is 0.790. The predicted molar refractivity (Wildman–Crippen MR) is 62.2 cm³/mol. The van der Waals surface area contributed by atoms with Gasteiger partial charge in [0.25, 0.3) is 0 Å². The van der Waals surface area contributed by atoms with E-state index in [-0.39, 0.29) is 0 Å². The van der Waals surface area contributed by atoms with Gasteiger partial charge in [-0.15, -0.1) is 0 Å². The van der Waals surface area contributed by atoms with Crippen molar-refractivity contribution in [3.05, 3.63) is 11.8 Å². The smallest absolute Gasteiger partial charge is 0.226 e. The van der Waals surface area contributed by atoms with Crippen LogP contribution in [0.25, 0.3) is 0 Å². The molecule has 2 heterocycles. The Kier molecular flexibility index (Phi) is 3.44. The van der Waals surface area contributed by atoms with Gasteiger partial charge in [0, 0.05) is 31.3 Å². The molecule has 94 valence electrons. The van der Waals surface area contributed by atoms with Crippen molar-refractivity contribution in [1.82, 2.24) is 9.97 Å². The van der Waals surface area contributed by atoms with Gasteiger partial charge in [0.05, 0.1) is 13.7 Å². The molecule has 17 heavy (non-hydrogen) atoms. The van der Waals surface area contributed by atoms with Gasteiger partial charge in [0.1, 0.15) is 5.60 Å². The lowest BCUT2D eigenvalue weighted by molar-refractivity contribution is 0.0380. The molecule has 1 aliphatic heterocycles. The molecule has 0 radical (unpaired) electrons. The summed E-state index contributed by atoms with van der Waals surface area (Å²) < 4.78 is 10.2. The Morgan fingerprint density at radius 3 is 3.06 bits per heavy atom.